The van der Waals surface area contributed by atoms with E-state index in [2.05, 4.69) is 5.32 Å². The molecule has 0 bridgehead atoms. The normalized spacial score (nSPS) is 10.2. The fourth-order valence-corrected chi connectivity index (χ4v) is 2.03. The summed E-state index contributed by atoms with van der Waals surface area (Å²) in [5, 5.41) is 12.6. The molecule has 2 N–H and O–H groups in total. The second-order valence-electron chi connectivity index (χ2n) is 4.91. The number of nitrogens with one attached hydrogen (secondary N) is 1. The lowest BCUT2D eigenvalue weighted by Crippen LogP contribution is -2.13. The second kappa shape index (κ2) is 6.31. The van der Waals surface area contributed by atoms with E-state index in [1.165, 1.54) is 6.07 Å². The standard InChI is InChI=1S/C17H19NO3/c1-4-21-16-10-12(3)5-7-14(16)18-17(20)13-9-11(2)6-8-15(13)19/h5-10,19H,4H2,1-3H3,(H,18,20). The van der Waals surface area contributed by atoms with Gasteiger partial charge in [0, 0.05) is 0 Å². The summed E-state index contributed by atoms with van der Waals surface area (Å²) in [6.45, 7) is 6.23. The van der Waals surface area contributed by atoms with Gasteiger partial charge in [0.2, 0.25) is 0 Å². The fourth-order valence-electron chi connectivity index (χ4n) is 2.03. The Hall–Kier alpha value is -2.49. The van der Waals surface area contributed by atoms with E-state index in [4.69, 9.17) is 4.74 Å². The van der Waals surface area contributed by atoms with Gasteiger partial charge in [-0.25, -0.2) is 0 Å². The first-order chi connectivity index (χ1) is 10.0. The maximum Gasteiger partial charge on any atom is 0.259 e. The van der Waals surface area contributed by atoms with Crippen LogP contribution >= 0.6 is 0 Å². The van der Waals surface area contributed by atoms with Crippen LogP contribution in [0.5, 0.6) is 11.5 Å². The van der Waals surface area contributed by atoms with Crippen molar-refractivity contribution in [1.29, 1.82) is 0 Å². The van der Waals surface area contributed by atoms with Gasteiger partial charge in [0.1, 0.15) is 11.5 Å². The van der Waals surface area contributed by atoms with E-state index >= 15 is 0 Å². The Morgan fingerprint density at radius 3 is 2.52 bits per heavy atom. The average Bonchev–Trinajstić information content (AvgIpc) is 2.44. The number of hydrogen-bond acceptors (Lipinski definition) is 3. The molecule has 0 aliphatic rings. The lowest BCUT2D eigenvalue weighted by atomic mass is 10.1. The Labute approximate surface area is 124 Å². The van der Waals surface area contributed by atoms with Gasteiger partial charge in [0.05, 0.1) is 17.9 Å². The van der Waals surface area contributed by atoms with Gasteiger partial charge in [0.25, 0.3) is 5.91 Å². The number of carbonyl (C=O) groups is 1. The maximum atomic E-state index is 12.3. The van der Waals surface area contributed by atoms with Crippen LogP contribution in [0.3, 0.4) is 0 Å². The molecule has 4 nitrogen and oxygen atoms in total. The Kier molecular flexibility index (Phi) is 4.48. The van der Waals surface area contributed by atoms with Gasteiger partial charge in [-0.05, 0) is 50.6 Å². The Morgan fingerprint density at radius 1 is 1.14 bits per heavy atom. The summed E-state index contributed by atoms with van der Waals surface area (Å²) in [6.07, 6.45) is 0. The summed E-state index contributed by atoms with van der Waals surface area (Å²) < 4.78 is 5.53. The van der Waals surface area contributed by atoms with E-state index in [1.54, 1.807) is 18.2 Å². The first-order valence-electron chi connectivity index (χ1n) is 6.85. The fraction of sp³-hybridized carbons (Fsp3) is 0.235. The molecular formula is C17H19NO3. The maximum absolute atomic E-state index is 12.3. The summed E-state index contributed by atoms with van der Waals surface area (Å²) in [4.78, 5) is 12.3. The minimum atomic E-state index is -0.360. The van der Waals surface area contributed by atoms with E-state index < -0.39 is 0 Å². The Balaban J connectivity index is 2.29. The highest BCUT2D eigenvalue weighted by Crippen LogP contribution is 2.27. The minimum Gasteiger partial charge on any atom is -0.507 e. The van der Waals surface area contributed by atoms with Crippen molar-refractivity contribution < 1.29 is 14.6 Å². The monoisotopic (exact) mass is 285 g/mol. The number of ether oxygens (including phenoxy) is 1. The molecule has 21 heavy (non-hydrogen) atoms. The molecule has 0 saturated carbocycles. The van der Waals surface area contributed by atoms with Gasteiger partial charge in [0.15, 0.2) is 0 Å². The molecule has 2 aromatic carbocycles. The van der Waals surface area contributed by atoms with E-state index in [9.17, 15) is 9.90 Å². The molecule has 0 radical (unpaired) electrons. The smallest absolute Gasteiger partial charge is 0.259 e. The quantitative estimate of drug-likeness (QED) is 0.901. The van der Waals surface area contributed by atoms with E-state index in [0.717, 1.165) is 11.1 Å². The number of benzene rings is 2. The summed E-state index contributed by atoms with van der Waals surface area (Å²) in [5.74, 6) is 0.224. The van der Waals surface area contributed by atoms with Crippen molar-refractivity contribution in [2.24, 2.45) is 0 Å². The number of rotatable bonds is 4. The number of aryl methyl sites for hydroxylation is 2. The van der Waals surface area contributed by atoms with Crippen molar-refractivity contribution in [2.45, 2.75) is 20.8 Å². The number of phenolic OH excluding ortho intramolecular Hbond substituents is 1. The van der Waals surface area contributed by atoms with Crippen LogP contribution < -0.4 is 10.1 Å². The largest absolute Gasteiger partial charge is 0.507 e. The average molecular weight is 285 g/mol. The van der Waals surface area contributed by atoms with Crippen molar-refractivity contribution in [3.8, 4) is 11.5 Å². The molecule has 0 aromatic heterocycles. The van der Waals surface area contributed by atoms with Crippen LogP contribution in [0.15, 0.2) is 36.4 Å². The number of anilines is 1. The molecule has 0 heterocycles. The predicted molar refractivity (Wildman–Crippen MR) is 83.1 cm³/mol. The third kappa shape index (κ3) is 3.54. The molecule has 0 aliphatic carbocycles. The Bertz CT molecular complexity index is 665. The molecule has 0 spiro atoms. The molecule has 1 amide bonds. The van der Waals surface area contributed by atoms with E-state index in [1.807, 2.05) is 32.9 Å². The van der Waals surface area contributed by atoms with Crippen molar-refractivity contribution in [3.63, 3.8) is 0 Å². The zero-order chi connectivity index (χ0) is 15.4. The molecule has 0 aliphatic heterocycles. The van der Waals surface area contributed by atoms with Crippen LogP contribution in [0, 0.1) is 13.8 Å². The van der Waals surface area contributed by atoms with Gasteiger partial charge in [-0.2, -0.15) is 0 Å². The number of phenols is 1. The first-order valence-corrected chi connectivity index (χ1v) is 6.85. The van der Waals surface area contributed by atoms with Crippen LogP contribution in [0.4, 0.5) is 5.69 Å². The SMILES string of the molecule is CCOc1cc(C)ccc1NC(=O)c1cc(C)ccc1O. The second-order valence-corrected chi connectivity index (χ2v) is 4.91. The summed E-state index contributed by atoms with van der Waals surface area (Å²) >= 11 is 0. The van der Waals surface area contributed by atoms with Gasteiger partial charge in [-0.15, -0.1) is 0 Å². The molecule has 0 atom stereocenters. The molecular weight excluding hydrogens is 266 g/mol. The van der Waals surface area contributed by atoms with Crippen molar-refractivity contribution in [2.75, 3.05) is 11.9 Å². The highest BCUT2D eigenvalue weighted by Gasteiger charge is 2.14. The van der Waals surface area contributed by atoms with Crippen LogP contribution in [0.25, 0.3) is 0 Å². The van der Waals surface area contributed by atoms with Gasteiger partial charge >= 0.3 is 0 Å². The number of amides is 1. The van der Waals surface area contributed by atoms with Crippen LogP contribution in [-0.2, 0) is 0 Å². The van der Waals surface area contributed by atoms with Crippen LogP contribution in [0.1, 0.15) is 28.4 Å². The lowest BCUT2D eigenvalue weighted by Gasteiger charge is -2.13. The minimum absolute atomic E-state index is 0.0387. The van der Waals surface area contributed by atoms with Crippen molar-refractivity contribution in [3.05, 3.63) is 53.1 Å². The molecule has 0 unspecified atom stereocenters. The third-order valence-electron chi connectivity index (χ3n) is 3.08. The summed E-state index contributed by atoms with van der Waals surface area (Å²) in [7, 11) is 0. The molecule has 2 rings (SSSR count). The highest BCUT2D eigenvalue weighted by molar-refractivity contribution is 6.06. The predicted octanol–water partition coefficient (Wildman–Crippen LogP) is 3.66. The summed E-state index contributed by atoms with van der Waals surface area (Å²) in [6, 6.07) is 10.5. The molecule has 4 heteroatoms. The zero-order valence-corrected chi connectivity index (χ0v) is 12.4. The van der Waals surface area contributed by atoms with Crippen LogP contribution in [-0.4, -0.2) is 17.6 Å². The molecule has 0 saturated heterocycles. The van der Waals surface area contributed by atoms with Gasteiger partial charge < -0.3 is 15.2 Å². The zero-order valence-electron chi connectivity index (χ0n) is 12.4. The molecule has 110 valence electrons. The Morgan fingerprint density at radius 2 is 1.81 bits per heavy atom. The lowest BCUT2D eigenvalue weighted by molar-refractivity contribution is 0.102. The number of carbonyl (C=O) groups excluding carboxylic acids is 1. The van der Waals surface area contributed by atoms with E-state index in [0.29, 0.717) is 18.0 Å². The topological polar surface area (TPSA) is 58.6 Å². The highest BCUT2D eigenvalue weighted by atomic mass is 16.5. The van der Waals surface area contributed by atoms with Crippen molar-refractivity contribution in [1.82, 2.24) is 0 Å². The molecule has 2 aromatic rings. The van der Waals surface area contributed by atoms with Crippen molar-refractivity contribution >= 4 is 11.6 Å². The number of aromatic hydroxyl groups is 1. The third-order valence-corrected chi connectivity index (χ3v) is 3.08. The van der Waals surface area contributed by atoms with Gasteiger partial charge in [-0.1, -0.05) is 17.7 Å². The summed E-state index contributed by atoms with van der Waals surface area (Å²) in [5.41, 5.74) is 2.80. The first kappa shape index (κ1) is 14.9. The van der Waals surface area contributed by atoms with E-state index in [-0.39, 0.29) is 17.2 Å². The van der Waals surface area contributed by atoms with Gasteiger partial charge in [-0.3, -0.25) is 4.79 Å². The number of hydrogen-bond donors (Lipinski definition) is 2. The molecule has 0 fully saturated rings. The van der Waals surface area contributed by atoms with Crippen LogP contribution in [0.2, 0.25) is 0 Å².